The summed E-state index contributed by atoms with van der Waals surface area (Å²) in [6.07, 6.45) is 4.83. The van der Waals surface area contributed by atoms with Gasteiger partial charge in [-0.25, -0.2) is 13.4 Å². The summed E-state index contributed by atoms with van der Waals surface area (Å²) in [5.74, 6) is -0.747. The Kier molecular flexibility index (Phi) is 6.57. The number of benzene rings is 3. The Morgan fingerprint density at radius 2 is 1.57 bits per heavy atom. The van der Waals surface area contributed by atoms with Crippen molar-refractivity contribution in [3.05, 3.63) is 120 Å². The zero-order valence-corrected chi connectivity index (χ0v) is 20.6. The number of aromatic amines is 1. The maximum atomic E-state index is 12.9. The molecule has 0 aliphatic rings. The quantitative estimate of drug-likeness (QED) is 0.250. The lowest BCUT2D eigenvalue weighted by molar-refractivity contribution is -0.112. The van der Waals surface area contributed by atoms with Crippen molar-refractivity contribution in [1.82, 2.24) is 9.97 Å². The molecule has 0 unspecified atom stereocenters. The highest BCUT2D eigenvalue weighted by molar-refractivity contribution is 7.91. The summed E-state index contributed by atoms with van der Waals surface area (Å²) in [5.41, 5.74) is 11.0. The number of pyridine rings is 1. The summed E-state index contributed by atoms with van der Waals surface area (Å²) in [6, 6.07) is 28.1. The van der Waals surface area contributed by atoms with Gasteiger partial charge in [0.1, 0.15) is 5.65 Å². The predicted octanol–water partition coefficient (Wildman–Crippen LogP) is 5.20. The summed E-state index contributed by atoms with van der Waals surface area (Å²) < 4.78 is 28.4. The summed E-state index contributed by atoms with van der Waals surface area (Å²) in [6.45, 7) is 0. The Balaban J connectivity index is 1.38. The first kappa shape index (κ1) is 24.0. The molecule has 8 heteroatoms. The lowest BCUT2D eigenvalue weighted by Gasteiger charge is -2.09. The monoisotopic (exact) mass is 508 g/mol. The second-order valence-electron chi connectivity index (χ2n) is 8.58. The molecule has 0 saturated carbocycles. The maximum Gasteiger partial charge on any atom is 0.249 e. The molecule has 0 atom stereocenters. The highest BCUT2D eigenvalue weighted by atomic mass is 32.2. The third kappa shape index (κ3) is 5.60. The second-order valence-corrected chi connectivity index (χ2v) is 10.3. The number of hydrogen-bond donors (Lipinski definition) is 3. The lowest BCUT2D eigenvalue weighted by Crippen LogP contribution is -2.15. The number of fused-ring (bicyclic) bond motifs is 1. The molecule has 0 fully saturated rings. The van der Waals surface area contributed by atoms with Gasteiger partial charge in [-0.15, -0.1) is 0 Å². The molecule has 5 aromatic rings. The van der Waals surface area contributed by atoms with Gasteiger partial charge in [0, 0.05) is 22.7 Å². The standard InChI is InChI=1S/C29H24N4O3S/c30-28(34)26(23-9-5-2-6-10-23)15-24-17-31-29-27(24)16-25(18-32-29)33-37(35,36)19-20-11-13-22(14-12-20)21-7-3-1-4-8-21/h1-18,33H,19H2,(H2,30,34)(H,31,32). The van der Waals surface area contributed by atoms with E-state index in [4.69, 9.17) is 5.73 Å². The van der Waals surface area contributed by atoms with Crippen molar-refractivity contribution in [2.45, 2.75) is 5.75 Å². The Morgan fingerprint density at radius 3 is 2.24 bits per heavy atom. The number of H-pyrrole nitrogens is 1. The van der Waals surface area contributed by atoms with Crippen molar-refractivity contribution in [1.29, 1.82) is 0 Å². The number of nitrogens with one attached hydrogen (secondary N) is 2. The zero-order chi connectivity index (χ0) is 25.8. The molecule has 2 aromatic heterocycles. The van der Waals surface area contributed by atoms with Crippen LogP contribution in [-0.4, -0.2) is 24.3 Å². The van der Waals surface area contributed by atoms with E-state index in [1.54, 1.807) is 30.5 Å². The van der Waals surface area contributed by atoms with Gasteiger partial charge in [-0.3, -0.25) is 9.52 Å². The minimum atomic E-state index is -3.70. The number of anilines is 1. The molecule has 7 nitrogen and oxygen atoms in total. The van der Waals surface area contributed by atoms with E-state index in [9.17, 15) is 13.2 Å². The molecule has 5 rings (SSSR count). The molecule has 4 N–H and O–H groups in total. The second kappa shape index (κ2) is 10.1. The van der Waals surface area contributed by atoms with Gasteiger partial charge in [0.15, 0.2) is 0 Å². The van der Waals surface area contributed by atoms with Crippen molar-refractivity contribution >= 4 is 44.3 Å². The molecule has 0 spiro atoms. The molecular formula is C29H24N4O3S. The van der Waals surface area contributed by atoms with E-state index in [1.165, 1.54) is 6.20 Å². The van der Waals surface area contributed by atoms with Gasteiger partial charge in [0.05, 0.1) is 17.6 Å². The number of hydrogen-bond acceptors (Lipinski definition) is 4. The van der Waals surface area contributed by atoms with Crippen LogP contribution in [0, 0.1) is 0 Å². The average molecular weight is 509 g/mol. The van der Waals surface area contributed by atoms with Gasteiger partial charge in [-0.1, -0.05) is 84.9 Å². The molecule has 37 heavy (non-hydrogen) atoms. The fourth-order valence-corrected chi connectivity index (χ4v) is 5.30. The third-order valence-electron chi connectivity index (χ3n) is 5.90. The first-order valence-electron chi connectivity index (χ1n) is 11.6. The van der Waals surface area contributed by atoms with E-state index in [0.29, 0.717) is 39.0 Å². The molecule has 1 amide bonds. The van der Waals surface area contributed by atoms with Crippen LogP contribution in [0.2, 0.25) is 0 Å². The van der Waals surface area contributed by atoms with E-state index in [1.807, 2.05) is 72.8 Å². The average Bonchev–Trinajstić information content (AvgIpc) is 3.30. The van der Waals surface area contributed by atoms with E-state index < -0.39 is 15.9 Å². The number of rotatable bonds is 8. The van der Waals surface area contributed by atoms with Crippen molar-refractivity contribution in [3.8, 4) is 11.1 Å². The fourth-order valence-electron chi connectivity index (χ4n) is 4.13. The normalized spacial score (nSPS) is 11.9. The number of nitrogens with zero attached hydrogens (tertiary/aromatic N) is 1. The minimum Gasteiger partial charge on any atom is -0.366 e. The lowest BCUT2D eigenvalue weighted by atomic mass is 10.0. The Hall–Kier alpha value is -4.69. The number of aromatic nitrogens is 2. The van der Waals surface area contributed by atoms with Crippen LogP contribution in [0.1, 0.15) is 16.7 Å². The minimum absolute atomic E-state index is 0.181. The first-order valence-corrected chi connectivity index (χ1v) is 13.2. The summed E-state index contributed by atoms with van der Waals surface area (Å²) in [4.78, 5) is 19.5. The number of primary amides is 1. The van der Waals surface area contributed by atoms with Crippen molar-refractivity contribution in [2.75, 3.05) is 4.72 Å². The first-order chi connectivity index (χ1) is 17.9. The van der Waals surface area contributed by atoms with Crippen LogP contribution in [0.3, 0.4) is 0 Å². The Morgan fingerprint density at radius 1 is 0.919 bits per heavy atom. The topological polar surface area (TPSA) is 118 Å². The van der Waals surface area contributed by atoms with E-state index in [0.717, 1.165) is 11.1 Å². The molecule has 0 aliphatic carbocycles. The summed E-state index contributed by atoms with van der Waals surface area (Å²) in [7, 11) is -3.70. The number of sulfonamides is 1. The molecule has 2 heterocycles. The number of carbonyl (C=O) groups is 1. The van der Waals surface area contributed by atoms with E-state index in [-0.39, 0.29) is 5.75 Å². The SMILES string of the molecule is NC(=O)C(=Cc1c[nH]c2ncc(NS(=O)(=O)Cc3ccc(-c4ccccc4)cc3)cc12)c1ccccc1. The van der Waals surface area contributed by atoms with Gasteiger partial charge in [-0.2, -0.15) is 0 Å². The van der Waals surface area contributed by atoms with Gasteiger partial charge < -0.3 is 10.7 Å². The van der Waals surface area contributed by atoms with Crippen LogP contribution in [0.25, 0.3) is 33.8 Å². The Labute approximate surface area is 214 Å². The van der Waals surface area contributed by atoms with Crippen LogP contribution >= 0.6 is 0 Å². The zero-order valence-electron chi connectivity index (χ0n) is 19.8. The van der Waals surface area contributed by atoms with Gasteiger partial charge in [0.25, 0.3) is 0 Å². The smallest absolute Gasteiger partial charge is 0.249 e. The molecule has 0 radical (unpaired) electrons. The van der Waals surface area contributed by atoms with E-state index in [2.05, 4.69) is 14.7 Å². The van der Waals surface area contributed by atoms with Crippen LogP contribution in [0.5, 0.6) is 0 Å². The predicted molar refractivity (Wildman–Crippen MR) is 148 cm³/mol. The van der Waals surface area contributed by atoms with Crippen LogP contribution in [0.4, 0.5) is 5.69 Å². The van der Waals surface area contributed by atoms with Crippen LogP contribution in [-0.2, 0) is 20.6 Å². The highest BCUT2D eigenvalue weighted by Gasteiger charge is 2.15. The molecule has 0 bridgehead atoms. The van der Waals surface area contributed by atoms with Gasteiger partial charge in [-0.05, 0) is 34.4 Å². The highest BCUT2D eigenvalue weighted by Crippen LogP contribution is 2.26. The number of amides is 1. The van der Waals surface area contributed by atoms with Crippen LogP contribution < -0.4 is 10.5 Å². The van der Waals surface area contributed by atoms with Gasteiger partial charge >= 0.3 is 0 Å². The maximum absolute atomic E-state index is 12.9. The number of carbonyl (C=O) groups excluding carboxylic acids is 1. The van der Waals surface area contributed by atoms with Gasteiger partial charge in [0.2, 0.25) is 15.9 Å². The third-order valence-corrected chi connectivity index (χ3v) is 7.16. The molecule has 3 aromatic carbocycles. The van der Waals surface area contributed by atoms with Crippen molar-refractivity contribution < 1.29 is 13.2 Å². The van der Waals surface area contributed by atoms with Crippen molar-refractivity contribution in [3.63, 3.8) is 0 Å². The molecule has 184 valence electrons. The molecule has 0 saturated heterocycles. The molecule has 0 aliphatic heterocycles. The Bertz CT molecular complexity index is 1690. The largest absolute Gasteiger partial charge is 0.366 e. The summed E-state index contributed by atoms with van der Waals surface area (Å²) in [5, 5.41) is 0.655. The molecular weight excluding hydrogens is 484 g/mol. The van der Waals surface area contributed by atoms with Crippen LogP contribution in [0.15, 0.2) is 103 Å². The fraction of sp³-hybridized carbons (Fsp3) is 0.0345. The van der Waals surface area contributed by atoms with Crippen molar-refractivity contribution in [2.24, 2.45) is 5.73 Å². The number of nitrogens with two attached hydrogens (primary N) is 1. The summed E-state index contributed by atoms with van der Waals surface area (Å²) >= 11 is 0. The van der Waals surface area contributed by atoms with E-state index >= 15 is 0 Å².